The molecule has 1 aliphatic rings. The summed E-state index contributed by atoms with van der Waals surface area (Å²) in [6.07, 6.45) is 1.20. The number of aromatic amines is 1. The second kappa shape index (κ2) is 10.7. The van der Waals surface area contributed by atoms with Crippen molar-refractivity contribution in [3.05, 3.63) is 32.6 Å². The van der Waals surface area contributed by atoms with Gasteiger partial charge in [-0.3, -0.25) is 14.3 Å². The molecule has 0 unspecified atom stereocenters. The molecule has 1 saturated heterocycles. The van der Waals surface area contributed by atoms with Gasteiger partial charge >= 0.3 is 11.8 Å². The average Bonchev–Trinajstić information content (AvgIpc) is 2.96. The van der Waals surface area contributed by atoms with Crippen molar-refractivity contribution >= 4 is 6.16 Å². The highest BCUT2D eigenvalue weighted by atomic mass is 16.7. The lowest BCUT2D eigenvalue weighted by atomic mass is 10.2. The van der Waals surface area contributed by atoms with Gasteiger partial charge < -0.3 is 24.8 Å². The molecule has 1 fully saturated rings. The van der Waals surface area contributed by atoms with E-state index in [1.54, 1.807) is 6.92 Å². The summed E-state index contributed by atoms with van der Waals surface area (Å²) in [7, 11) is 0. The predicted molar refractivity (Wildman–Crippen MR) is 91.2 cm³/mol. The molecule has 0 spiro atoms. The first-order valence-corrected chi connectivity index (χ1v) is 8.42. The summed E-state index contributed by atoms with van der Waals surface area (Å²) >= 11 is 0. The summed E-state index contributed by atoms with van der Waals surface area (Å²) in [4.78, 5) is 34.7. The van der Waals surface area contributed by atoms with Crippen molar-refractivity contribution in [1.29, 1.82) is 0 Å². The lowest BCUT2D eigenvalue weighted by Gasteiger charge is -2.14. The number of unbranched alkanes of at least 4 members (excludes halogenated alkanes) is 2. The summed E-state index contributed by atoms with van der Waals surface area (Å²) in [6, 6.07) is 0. The number of H-pyrrole nitrogens is 1. The lowest BCUT2D eigenvalue weighted by molar-refractivity contribution is -0.0459. The number of hydrogen-bond donors (Lipinski definition) is 4. The molecule has 2 rings (SSSR count). The van der Waals surface area contributed by atoms with Crippen LogP contribution in [0.2, 0.25) is 0 Å². The van der Waals surface area contributed by atoms with Crippen LogP contribution in [0.5, 0.6) is 0 Å². The topological polar surface area (TPSA) is 151 Å². The van der Waals surface area contributed by atoms with Gasteiger partial charge in [-0.25, -0.2) is 9.59 Å². The van der Waals surface area contributed by atoms with Crippen molar-refractivity contribution in [3.63, 3.8) is 0 Å². The van der Waals surface area contributed by atoms with Crippen LogP contribution < -0.4 is 11.2 Å². The molecule has 148 valence electrons. The van der Waals surface area contributed by atoms with E-state index in [0.717, 1.165) is 19.3 Å². The number of aliphatic hydroxyl groups excluding tert-OH is 2. The van der Waals surface area contributed by atoms with Crippen molar-refractivity contribution in [2.45, 2.75) is 58.0 Å². The van der Waals surface area contributed by atoms with Gasteiger partial charge in [-0.05, 0) is 13.3 Å². The van der Waals surface area contributed by atoms with E-state index >= 15 is 0 Å². The predicted octanol–water partition coefficient (Wildman–Crippen LogP) is 0.357. The average molecular weight is 374 g/mol. The maximum Gasteiger partial charge on any atom is 0.505 e. The van der Waals surface area contributed by atoms with E-state index < -0.39 is 35.8 Å². The highest BCUT2D eigenvalue weighted by Crippen LogP contribution is 2.27. The van der Waals surface area contributed by atoms with Gasteiger partial charge in [0.15, 0.2) is 0 Å². The second-order valence-corrected chi connectivity index (χ2v) is 5.91. The second-order valence-electron chi connectivity index (χ2n) is 5.91. The number of aliphatic hydroxyl groups is 2. The molecule has 0 bridgehead atoms. The fourth-order valence-corrected chi connectivity index (χ4v) is 2.36. The zero-order chi connectivity index (χ0) is 19.7. The van der Waals surface area contributed by atoms with Crippen molar-refractivity contribution in [3.8, 4) is 0 Å². The molecule has 0 saturated carbocycles. The number of nitrogens with one attached hydrogen (secondary N) is 1. The third-order valence-corrected chi connectivity index (χ3v) is 3.81. The molecule has 1 aliphatic heterocycles. The van der Waals surface area contributed by atoms with Gasteiger partial charge in [-0.2, -0.15) is 0 Å². The Morgan fingerprint density at radius 3 is 2.65 bits per heavy atom. The number of carbonyl (C=O) groups is 1. The molecule has 1 aromatic heterocycles. The number of carboxylic acid groups (broad SMARTS) is 1. The van der Waals surface area contributed by atoms with Gasteiger partial charge in [-0.1, -0.05) is 19.8 Å². The van der Waals surface area contributed by atoms with Crippen LogP contribution in [0.3, 0.4) is 0 Å². The smallest absolute Gasteiger partial charge is 0.450 e. The first kappa shape index (κ1) is 21.9. The highest BCUT2D eigenvalue weighted by Gasteiger charge is 2.34. The number of aromatic nitrogens is 2. The van der Waals surface area contributed by atoms with E-state index in [4.69, 9.17) is 14.9 Å². The van der Waals surface area contributed by atoms with Crippen LogP contribution in [-0.4, -0.2) is 56.4 Å². The van der Waals surface area contributed by atoms with E-state index in [0.29, 0.717) is 12.2 Å². The Kier molecular flexibility index (Phi) is 9.03. The summed E-state index contributed by atoms with van der Waals surface area (Å²) in [5.41, 5.74) is -0.643. The van der Waals surface area contributed by atoms with Crippen LogP contribution in [-0.2, 0) is 9.47 Å². The van der Waals surface area contributed by atoms with Crippen LogP contribution in [0, 0.1) is 6.92 Å². The Morgan fingerprint density at radius 1 is 1.42 bits per heavy atom. The summed E-state index contributed by atoms with van der Waals surface area (Å²) in [5, 5.41) is 26.5. The molecular formula is C16H26N2O8. The van der Waals surface area contributed by atoms with Gasteiger partial charge in [-0.15, -0.1) is 0 Å². The Hall–Kier alpha value is -2.17. The normalized spacial score (nSPS) is 21.8. The first-order valence-electron chi connectivity index (χ1n) is 8.42. The van der Waals surface area contributed by atoms with Gasteiger partial charge in [0, 0.05) is 18.2 Å². The number of ether oxygens (including phenoxy) is 2. The van der Waals surface area contributed by atoms with Crippen molar-refractivity contribution in [2.75, 3.05) is 13.2 Å². The van der Waals surface area contributed by atoms with Crippen molar-refractivity contribution in [2.24, 2.45) is 0 Å². The van der Waals surface area contributed by atoms with E-state index in [9.17, 15) is 19.5 Å². The zero-order valence-corrected chi connectivity index (χ0v) is 14.9. The molecule has 1 aromatic rings. The van der Waals surface area contributed by atoms with E-state index in [1.165, 1.54) is 10.8 Å². The minimum atomic E-state index is -1.17. The largest absolute Gasteiger partial charge is 0.505 e. The number of rotatable bonds is 6. The SMILES string of the molecule is CCCCCOC(=O)O.Cc1cn([C@H]2C[C@H](O)[C@@H](CO)O2)c(=O)[nH]c1=O. The Morgan fingerprint density at radius 2 is 2.12 bits per heavy atom. The Labute approximate surface area is 150 Å². The quantitative estimate of drug-likeness (QED) is 0.411. The van der Waals surface area contributed by atoms with Crippen LogP contribution in [0.25, 0.3) is 0 Å². The van der Waals surface area contributed by atoms with Gasteiger partial charge in [0.25, 0.3) is 5.56 Å². The molecule has 10 heteroatoms. The van der Waals surface area contributed by atoms with Crippen LogP contribution in [0.4, 0.5) is 4.79 Å². The summed E-state index contributed by atoms with van der Waals surface area (Å²) in [6.45, 7) is 3.66. The zero-order valence-electron chi connectivity index (χ0n) is 14.9. The summed E-state index contributed by atoms with van der Waals surface area (Å²) < 4.78 is 10.8. The molecule has 2 heterocycles. The Balaban J connectivity index is 0.000000321. The van der Waals surface area contributed by atoms with Gasteiger partial charge in [0.05, 0.1) is 19.3 Å². The summed E-state index contributed by atoms with van der Waals surface area (Å²) in [5.74, 6) is 0. The molecule has 10 nitrogen and oxygen atoms in total. The molecule has 3 atom stereocenters. The molecule has 0 amide bonds. The highest BCUT2D eigenvalue weighted by molar-refractivity contribution is 5.56. The molecule has 26 heavy (non-hydrogen) atoms. The molecular weight excluding hydrogens is 348 g/mol. The molecule has 0 radical (unpaired) electrons. The number of aryl methyl sites for hydroxylation is 1. The van der Waals surface area contributed by atoms with E-state index in [-0.39, 0.29) is 13.0 Å². The van der Waals surface area contributed by atoms with Gasteiger partial charge in [0.1, 0.15) is 12.3 Å². The van der Waals surface area contributed by atoms with Crippen molar-refractivity contribution < 1.29 is 29.6 Å². The number of nitrogens with zero attached hydrogens (tertiary/aromatic N) is 1. The van der Waals surface area contributed by atoms with E-state index in [2.05, 4.69) is 16.6 Å². The molecule has 4 N–H and O–H groups in total. The van der Waals surface area contributed by atoms with E-state index in [1.807, 2.05) is 0 Å². The van der Waals surface area contributed by atoms with Crippen molar-refractivity contribution in [1.82, 2.24) is 9.55 Å². The number of hydrogen-bond acceptors (Lipinski definition) is 7. The minimum Gasteiger partial charge on any atom is -0.450 e. The molecule has 0 aliphatic carbocycles. The molecule has 0 aromatic carbocycles. The third-order valence-electron chi connectivity index (χ3n) is 3.81. The van der Waals surface area contributed by atoms with Crippen LogP contribution in [0.15, 0.2) is 15.8 Å². The van der Waals surface area contributed by atoms with Gasteiger partial charge in [0.2, 0.25) is 0 Å². The lowest BCUT2D eigenvalue weighted by Crippen LogP contribution is -2.33. The minimum absolute atomic E-state index is 0.205. The Bertz CT molecular complexity index is 684. The maximum atomic E-state index is 11.6. The first-order chi connectivity index (χ1) is 12.3. The fraction of sp³-hybridized carbons (Fsp3) is 0.688. The monoisotopic (exact) mass is 374 g/mol. The maximum absolute atomic E-state index is 11.6. The standard InChI is InChI=1S/C10H14N2O5.C6H12O3/c1-5-3-12(10(16)11-9(5)15)8-2-6(14)7(4-13)17-8;1-2-3-4-5-9-6(7)8/h3,6-8,13-14H,2,4H2,1H3,(H,11,15,16);2-5H2,1H3,(H,7,8)/t6-,7+,8+;/m0./s1. The fourth-order valence-electron chi connectivity index (χ4n) is 2.36. The van der Waals surface area contributed by atoms with Crippen LogP contribution >= 0.6 is 0 Å². The van der Waals surface area contributed by atoms with Crippen LogP contribution in [0.1, 0.15) is 44.4 Å². The third kappa shape index (κ3) is 6.62.